The number of H-pyrrole nitrogens is 1. The first-order valence-corrected chi connectivity index (χ1v) is 6.40. The molecule has 4 nitrogen and oxygen atoms in total. The van der Waals surface area contributed by atoms with Gasteiger partial charge in [-0.05, 0) is 32.6 Å². The van der Waals surface area contributed by atoms with Gasteiger partial charge in [0.05, 0.1) is 17.1 Å². The molecule has 0 aliphatic heterocycles. The number of amides is 1. The summed E-state index contributed by atoms with van der Waals surface area (Å²) in [7, 11) is 0. The number of aromatic amines is 1. The van der Waals surface area contributed by atoms with E-state index in [2.05, 4.69) is 22.4 Å². The van der Waals surface area contributed by atoms with Crippen LogP contribution < -0.4 is 5.32 Å². The summed E-state index contributed by atoms with van der Waals surface area (Å²) in [5.74, 6) is 1.00. The smallest absolute Gasteiger partial charge is 0.227 e. The molecular formula is C13H21N3O. The number of anilines is 1. The van der Waals surface area contributed by atoms with Crippen molar-refractivity contribution in [1.82, 2.24) is 10.2 Å². The number of hydrogen-bond acceptors (Lipinski definition) is 2. The van der Waals surface area contributed by atoms with Crippen LogP contribution in [-0.2, 0) is 4.79 Å². The zero-order chi connectivity index (χ0) is 12.4. The molecule has 1 amide bonds. The Labute approximate surface area is 102 Å². The Hall–Kier alpha value is -1.32. The predicted molar refractivity (Wildman–Crippen MR) is 67.8 cm³/mol. The van der Waals surface area contributed by atoms with Gasteiger partial charge in [-0.15, -0.1) is 0 Å². The van der Waals surface area contributed by atoms with E-state index in [1.54, 1.807) is 0 Å². The third-order valence-corrected chi connectivity index (χ3v) is 3.68. The highest BCUT2D eigenvalue weighted by atomic mass is 16.1. The Bertz CT molecular complexity index is 391. The number of carbonyl (C=O) groups is 1. The fourth-order valence-electron chi connectivity index (χ4n) is 2.63. The van der Waals surface area contributed by atoms with Crippen molar-refractivity contribution in [2.24, 2.45) is 11.8 Å². The number of rotatable bonds is 2. The van der Waals surface area contributed by atoms with Crippen molar-refractivity contribution in [3.8, 4) is 0 Å². The van der Waals surface area contributed by atoms with Gasteiger partial charge in [0.2, 0.25) is 5.91 Å². The first-order chi connectivity index (χ1) is 8.08. The molecule has 1 aliphatic rings. The second-order valence-electron chi connectivity index (χ2n) is 5.27. The van der Waals surface area contributed by atoms with Crippen molar-refractivity contribution in [2.45, 2.75) is 46.5 Å². The molecule has 4 heteroatoms. The van der Waals surface area contributed by atoms with E-state index in [0.717, 1.165) is 29.9 Å². The third-order valence-electron chi connectivity index (χ3n) is 3.68. The molecular weight excluding hydrogens is 214 g/mol. The summed E-state index contributed by atoms with van der Waals surface area (Å²) in [4.78, 5) is 12.2. The van der Waals surface area contributed by atoms with E-state index in [9.17, 15) is 4.79 Å². The molecule has 0 aromatic carbocycles. The molecule has 1 saturated carbocycles. The van der Waals surface area contributed by atoms with E-state index in [-0.39, 0.29) is 11.8 Å². The number of carbonyl (C=O) groups excluding carboxylic acids is 1. The molecule has 2 atom stereocenters. The monoisotopic (exact) mass is 235 g/mol. The van der Waals surface area contributed by atoms with E-state index in [1.165, 1.54) is 12.8 Å². The quantitative estimate of drug-likeness (QED) is 0.828. The molecule has 0 radical (unpaired) electrons. The van der Waals surface area contributed by atoms with Gasteiger partial charge < -0.3 is 5.32 Å². The topological polar surface area (TPSA) is 57.8 Å². The SMILES string of the molecule is Cc1n[nH]c(C)c1NC(=O)C1CCCC(C)C1. The van der Waals surface area contributed by atoms with Gasteiger partial charge in [-0.2, -0.15) is 5.10 Å². The minimum absolute atomic E-state index is 0.157. The lowest BCUT2D eigenvalue weighted by atomic mass is 9.82. The van der Waals surface area contributed by atoms with Gasteiger partial charge >= 0.3 is 0 Å². The Morgan fingerprint density at radius 2 is 2.18 bits per heavy atom. The number of aryl methyl sites for hydroxylation is 2. The van der Waals surface area contributed by atoms with Crippen molar-refractivity contribution in [2.75, 3.05) is 5.32 Å². The molecule has 2 rings (SSSR count). The standard InChI is InChI=1S/C13H21N3O/c1-8-5-4-6-11(7-8)13(17)14-12-9(2)15-16-10(12)3/h8,11H,4-7H2,1-3H3,(H,14,17)(H,15,16). The van der Waals surface area contributed by atoms with Crippen molar-refractivity contribution in [3.63, 3.8) is 0 Å². The van der Waals surface area contributed by atoms with Crippen molar-refractivity contribution in [3.05, 3.63) is 11.4 Å². The summed E-state index contributed by atoms with van der Waals surface area (Å²) < 4.78 is 0. The number of nitrogens with zero attached hydrogens (tertiary/aromatic N) is 1. The molecule has 0 spiro atoms. The van der Waals surface area contributed by atoms with Gasteiger partial charge in [0.1, 0.15) is 0 Å². The van der Waals surface area contributed by atoms with Gasteiger partial charge in [0.15, 0.2) is 0 Å². The molecule has 1 aromatic heterocycles. The summed E-state index contributed by atoms with van der Waals surface area (Å²) in [6.45, 7) is 6.06. The summed E-state index contributed by atoms with van der Waals surface area (Å²) in [5.41, 5.74) is 2.65. The molecule has 1 heterocycles. The first kappa shape index (κ1) is 12.1. The molecule has 94 valence electrons. The summed E-state index contributed by atoms with van der Waals surface area (Å²) in [6.07, 6.45) is 4.46. The second kappa shape index (κ2) is 4.90. The van der Waals surface area contributed by atoms with Gasteiger partial charge in [-0.3, -0.25) is 9.89 Å². The summed E-state index contributed by atoms with van der Waals surface area (Å²) >= 11 is 0. The molecule has 2 N–H and O–H groups in total. The van der Waals surface area contributed by atoms with Crippen LogP contribution in [0.25, 0.3) is 0 Å². The Balaban J connectivity index is 2.01. The maximum absolute atomic E-state index is 12.2. The van der Waals surface area contributed by atoms with Crippen molar-refractivity contribution in [1.29, 1.82) is 0 Å². The first-order valence-electron chi connectivity index (χ1n) is 6.40. The van der Waals surface area contributed by atoms with E-state index in [1.807, 2.05) is 13.8 Å². The molecule has 17 heavy (non-hydrogen) atoms. The highest BCUT2D eigenvalue weighted by Crippen LogP contribution is 2.30. The van der Waals surface area contributed by atoms with E-state index in [4.69, 9.17) is 0 Å². The van der Waals surface area contributed by atoms with Crippen LogP contribution in [0.15, 0.2) is 0 Å². The lowest BCUT2D eigenvalue weighted by Crippen LogP contribution is -2.27. The van der Waals surface area contributed by atoms with Gasteiger partial charge in [0, 0.05) is 5.92 Å². The Kier molecular flexibility index (Phi) is 3.50. The maximum atomic E-state index is 12.2. The highest BCUT2D eigenvalue weighted by molar-refractivity contribution is 5.93. The molecule has 0 saturated heterocycles. The molecule has 1 aromatic rings. The lowest BCUT2D eigenvalue weighted by molar-refractivity contribution is -0.121. The van der Waals surface area contributed by atoms with Crippen molar-refractivity contribution < 1.29 is 4.79 Å². The minimum Gasteiger partial charge on any atom is -0.323 e. The largest absolute Gasteiger partial charge is 0.323 e. The molecule has 0 bridgehead atoms. The third kappa shape index (κ3) is 2.68. The van der Waals surface area contributed by atoms with Crippen LogP contribution in [0.1, 0.15) is 44.0 Å². The van der Waals surface area contributed by atoms with Crippen LogP contribution in [-0.4, -0.2) is 16.1 Å². The van der Waals surface area contributed by atoms with Crippen LogP contribution in [0.4, 0.5) is 5.69 Å². The zero-order valence-electron chi connectivity index (χ0n) is 10.8. The normalized spacial score (nSPS) is 24.6. The predicted octanol–water partition coefficient (Wildman–Crippen LogP) is 2.79. The summed E-state index contributed by atoms with van der Waals surface area (Å²) in [6, 6.07) is 0. The maximum Gasteiger partial charge on any atom is 0.227 e. The average molecular weight is 235 g/mol. The van der Waals surface area contributed by atoms with Gasteiger partial charge in [0.25, 0.3) is 0 Å². The van der Waals surface area contributed by atoms with Crippen LogP contribution in [0.2, 0.25) is 0 Å². The van der Waals surface area contributed by atoms with E-state index < -0.39 is 0 Å². The number of nitrogens with one attached hydrogen (secondary N) is 2. The lowest BCUT2D eigenvalue weighted by Gasteiger charge is -2.25. The molecule has 2 unspecified atom stereocenters. The van der Waals surface area contributed by atoms with Crippen LogP contribution in [0.5, 0.6) is 0 Å². The summed E-state index contributed by atoms with van der Waals surface area (Å²) in [5, 5.41) is 9.99. The molecule has 1 aliphatic carbocycles. The highest BCUT2D eigenvalue weighted by Gasteiger charge is 2.25. The van der Waals surface area contributed by atoms with Crippen LogP contribution in [0.3, 0.4) is 0 Å². The fraction of sp³-hybridized carbons (Fsp3) is 0.692. The van der Waals surface area contributed by atoms with Crippen LogP contribution >= 0.6 is 0 Å². The minimum atomic E-state index is 0.157. The zero-order valence-corrected chi connectivity index (χ0v) is 10.8. The van der Waals surface area contributed by atoms with E-state index >= 15 is 0 Å². The van der Waals surface area contributed by atoms with E-state index in [0.29, 0.717) is 5.92 Å². The van der Waals surface area contributed by atoms with Gasteiger partial charge in [-0.1, -0.05) is 19.8 Å². The number of aromatic nitrogens is 2. The average Bonchev–Trinajstić information content (AvgIpc) is 2.61. The van der Waals surface area contributed by atoms with Gasteiger partial charge in [-0.25, -0.2) is 0 Å². The Morgan fingerprint density at radius 1 is 1.41 bits per heavy atom. The molecule has 1 fully saturated rings. The van der Waals surface area contributed by atoms with Crippen molar-refractivity contribution >= 4 is 11.6 Å². The Morgan fingerprint density at radius 3 is 2.76 bits per heavy atom. The number of hydrogen-bond donors (Lipinski definition) is 2. The fourth-order valence-corrected chi connectivity index (χ4v) is 2.63. The van der Waals surface area contributed by atoms with Crippen LogP contribution in [0, 0.1) is 25.7 Å². The second-order valence-corrected chi connectivity index (χ2v) is 5.27.